The van der Waals surface area contributed by atoms with Crippen LogP contribution in [0.4, 0.5) is 31.1 Å². The normalized spacial score (nSPS) is 26.7. The first-order valence-electron chi connectivity index (χ1n) is 12.4. The van der Waals surface area contributed by atoms with Crippen molar-refractivity contribution in [2.75, 3.05) is 13.6 Å². The van der Waals surface area contributed by atoms with E-state index in [-0.39, 0.29) is 17.5 Å². The highest BCUT2D eigenvalue weighted by molar-refractivity contribution is 5.74. The number of nitrogens with one attached hydrogen (secondary N) is 1. The molecular formula is C27H30F6N2O3. The Kier molecular flexibility index (Phi) is 7.73. The Balaban J connectivity index is 1.71. The van der Waals surface area contributed by atoms with Gasteiger partial charge < -0.3 is 15.2 Å². The van der Waals surface area contributed by atoms with Gasteiger partial charge in [-0.2, -0.15) is 26.3 Å². The summed E-state index contributed by atoms with van der Waals surface area (Å²) in [4.78, 5) is 13.7. The van der Waals surface area contributed by atoms with Gasteiger partial charge in [-0.25, -0.2) is 4.79 Å². The molecule has 1 aliphatic heterocycles. The van der Waals surface area contributed by atoms with Crippen molar-refractivity contribution >= 4 is 6.03 Å². The van der Waals surface area contributed by atoms with Crippen LogP contribution in [0.25, 0.3) is 0 Å². The monoisotopic (exact) mass is 544 g/mol. The van der Waals surface area contributed by atoms with Gasteiger partial charge >= 0.3 is 18.4 Å². The average Bonchev–Trinajstić information content (AvgIpc) is 3.19. The molecule has 2 amide bonds. The van der Waals surface area contributed by atoms with Gasteiger partial charge in [-0.15, -0.1) is 0 Å². The highest BCUT2D eigenvalue weighted by Gasteiger charge is 2.52. The summed E-state index contributed by atoms with van der Waals surface area (Å²) >= 11 is 0. The van der Waals surface area contributed by atoms with Crippen LogP contribution in [0.1, 0.15) is 59.6 Å². The Morgan fingerprint density at radius 3 is 2.21 bits per heavy atom. The maximum absolute atomic E-state index is 13.4. The maximum Gasteiger partial charge on any atom is 0.416 e. The van der Waals surface area contributed by atoms with Crippen molar-refractivity contribution in [3.05, 3.63) is 70.3 Å². The quantitative estimate of drug-likeness (QED) is 0.447. The maximum atomic E-state index is 13.4. The summed E-state index contributed by atoms with van der Waals surface area (Å²) in [5, 5.41) is 13.7. The fourth-order valence-electron chi connectivity index (χ4n) is 5.92. The molecule has 0 radical (unpaired) electrons. The number of amides is 2. The van der Waals surface area contributed by atoms with Crippen molar-refractivity contribution in [1.29, 1.82) is 0 Å². The third-order valence-corrected chi connectivity index (χ3v) is 7.76. The van der Waals surface area contributed by atoms with Crippen LogP contribution in [0.5, 0.6) is 0 Å². The van der Waals surface area contributed by atoms with E-state index in [9.17, 15) is 36.2 Å². The number of rotatable bonds is 4. The number of aliphatic hydroxyl groups excluding tert-OH is 1. The van der Waals surface area contributed by atoms with Crippen LogP contribution < -0.4 is 5.32 Å². The largest absolute Gasteiger partial charge is 0.416 e. The summed E-state index contributed by atoms with van der Waals surface area (Å²) in [5.41, 5.74) is -1.27. The third-order valence-electron chi connectivity index (χ3n) is 7.76. The lowest BCUT2D eigenvalue weighted by Gasteiger charge is -2.42. The van der Waals surface area contributed by atoms with Crippen LogP contribution in [0.2, 0.25) is 0 Å². The molecule has 1 heterocycles. The van der Waals surface area contributed by atoms with Gasteiger partial charge in [0.2, 0.25) is 0 Å². The number of benzene rings is 2. The number of fused-ring (bicyclic) bond motifs is 1. The zero-order valence-corrected chi connectivity index (χ0v) is 21.1. The van der Waals surface area contributed by atoms with Gasteiger partial charge in [-0.3, -0.25) is 4.90 Å². The minimum Gasteiger partial charge on any atom is -0.373 e. The third kappa shape index (κ3) is 5.49. The summed E-state index contributed by atoms with van der Waals surface area (Å²) < 4.78 is 86.9. The van der Waals surface area contributed by atoms with E-state index in [0.29, 0.717) is 31.5 Å². The molecule has 2 fully saturated rings. The van der Waals surface area contributed by atoms with Crippen LogP contribution in [-0.4, -0.2) is 42.0 Å². The van der Waals surface area contributed by atoms with E-state index in [1.165, 1.54) is 18.9 Å². The molecular weight excluding hydrogens is 514 g/mol. The molecule has 5 nitrogen and oxygen atoms in total. The predicted molar refractivity (Wildman–Crippen MR) is 127 cm³/mol. The van der Waals surface area contributed by atoms with E-state index < -0.39 is 59.8 Å². The van der Waals surface area contributed by atoms with Gasteiger partial charge in [0.1, 0.15) is 6.23 Å². The van der Waals surface area contributed by atoms with E-state index in [1.54, 1.807) is 0 Å². The lowest BCUT2D eigenvalue weighted by Crippen LogP contribution is -2.45. The van der Waals surface area contributed by atoms with Gasteiger partial charge in [0.15, 0.2) is 0 Å². The van der Waals surface area contributed by atoms with Gasteiger partial charge in [0.05, 0.1) is 23.3 Å². The number of ether oxygens (including phenoxy) is 1. The number of aryl methyl sites for hydroxylation is 1. The van der Waals surface area contributed by atoms with E-state index in [1.807, 2.05) is 31.2 Å². The molecule has 208 valence electrons. The molecule has 0 aromatic heterocycles. The molecule has 2 aliphatic rings. The first-order chi connectivity index (χ1) is 17.7. The van der Waals surface area contributed by atoms with E-state index in [4.69, 9.17) is 4.74 Å². The number of carbonyl (C=O) groups excluding carboxylic acids is 1. The van der Waals surface area contributed by atoms with E-state index in [0.717, 1.165) is 11.1 Å². The highest BCUT2D eigenvalue weighted by Crippen LogP contribution is 2.50. The van der Waals surface area contributed by atoms with Crippen molar-refractivity contribution in [1.82, 2.24) is 10.2 Å². The minimum absolute atomic E-state index is 0.0487. The van der Waals surface area contributed by atoms with Gasteiger partial charge in [0.25, 0.3) is 0 Å². The van der Waals surface area contributed by atoms with Crippen LogP contribution >= 0.6 is 0 Å². The highest BCUT2D eigenvalue weighted by atomic mass is 19.4. The van der Waals surface area contributed by atoms with Crippen molar-refractivity contribution < 1.29 is 41.0 Å². The number of hydrogen-bond donors (Lipinski definition) is 2. The summed E-state index contributed by atoms with van der Waals surface area (Å²) in [7, 11) is 1.47. The zero-order chi connectivity index (χ0) is 28.0. The van der Waals surface area contributed by atoms with Crippen molar-refractivity contribution in [2.24, 2.45) is 11.8 Å². The predicted octanol–water partition coefficient (Wildman–Crippen LogP) is 6.26. The smallest absolute Gasteiger partial charge is 0.373 e. The van der Waals surface area contributed by atoms with E-state index >= 15 is 0 Å². The number of alkyl halides is 6. The Morgan fingerprint density at radius 2 is 1.66 bits per heavy atom. The second kappa shape index (κ2) is 10.4. The van der Waals surface area contributed by atoms with E-state index in [2.05, 4.69) is 5.32 Å². The first-order valence-corrected chi connectivity index (χ1v) is 12.4. The Morgan fingerprint density at radius 1 is 1.05 bits per heavy atom. The van der Waals surface area contributed by atoms with Gasteiger partial charge in [0, 0.05) is 25.4 Å². The Bertz CT molecular complexity index is 1140. The second-order valence-corrected chi connectivity index (χ2v) is 10.1. The average molecular weight is 545 g/mol. The number of urea groups is 1. The number of aliphatic hydroxyl groups is 1. The molecule has 2 aromatic carbocycles. The standard InChI is InChI=1S/C27H30F6N2O3/c1-14-6-4-5-7-20(14)23-21(9-8-16-13-35(25(37)34-3)24(36)22(16)23)38-15(2)17-10-18(26(28,29)30)12-19(11-17)27(31,32)33/h4-7,10-12,15-16,21-24,36H,8-9,13H2,1-3H3,(H,34,37)/t15-,16-,21+,22-,23-,24?/m1/s1. The first kappa shape index (κ1) is 28.2. The Hall–Kier alpha value is -2.79. The van der Waals surface area contributed by atoms with Gasteiger partial charge in [-0.05, 0) is 67.5 Å². The van der Waals surface area contributed by atoms with Crippen molar-refractivity contribution in [3.63, 3.8) is 0 Å². The molecule has 4 rings (SSSR count). The fourth-order valence-corrected chi connectivity index (χ4v) is 5.92. The lowest BCUT2D eigenvalue weighted by atomic mass is 9.68. The van der Waals surface area contributed by atoms with Gasteiger partial charge in [-0.1, -0.05) is 24.3 Å². The van der Waals surface area contributed by atoms with Crippen molar-refractivity contribution in [2.45, 2.75) is 63.4 Å². The van der Waals surface area contributed by atoms with Crippen LogP contribution in [0.15, 0.2) is 42.5 Å². The number of likely N-dealkylation sites (tertiary alicyclic amines) is 1. The number of halogens is 6. The SMILES string of the molecule is CNC(=O)N1C[C@H]2CC[C@H](O[C@H](C)c3cc(C(F)(F)F)cc(C(F)(F)F)c3)[C@@H](c3ccccc3C)[C@@H]2C1O. The number of nitrogens with zero attached hydrogens (tertiary/aromatic N) is 1. The molecule has 1 saturated carbocycles. The summed E-state index contributed by atoms with van der Waals surface area (Å²) in [5.74, 6) is -0.908. The molecule has 0 bridgehead atoms. The molecule has 1 aliphatic carbocycles. The summed E-state index contributed by atoms with van der Waals surface area (Å²) in [6.07, 6.45) is -11.7. The second-order valence-electron chi connectivity index (χ2n) is 10.1. The zero-order valence-electron chi connectivity index (χ0n) is 21.1. The van der Waals surface area contributed by atoms with Crippen LogP contribution in [0, 0.1) is 18.8 Å². The lowest BCUT2D eigenvalue weighted by molar-refractivity contribution is -0.143. The summed E-state index contributed by atoms with van der Waals surface area (Å²) in [6, 6.07) is 8.49. The number of carbonyl (C=O) groups is 1. The molecule has 1 unspecified atom stereocenters. The minimum atomic E-state index is -4.96. The van der Waals surface area contributed by atoms with Crippen LogP contribution in [-0.2, 0) is 17.1 Å². The molecule has 1 saturated heterocycles. The molecule has 6 atom stereocenters. The van der Waals surface area contributed by atoms with Crippen LogP contribution in [0.3, 0.4) is 0 Å². The topological polar surface area (TPSA) is 61.8 Å². The molecule has 0 spiro atoms. The Labute approximate surface area is 216 Å². The molecule has 2 N–H and O–H groups in total. The molecule has 2 aromatic rings. The molecule has 38 heavy (non-hydrogen) atoms. The fraction of sp³-hybridized carbons (Fsp3) is 0.519. The number of hydrogen-bond acceptors (Lipinski definition) is 3. The van der Waals surface area contributed by atoms with Crippen molar-refractivity contribution in [3.8, 4) is 0 Å². The molecule has 11 heteroatoms. The summed E-state index contributed by atoms with van der Waals surface area (Å²) in [6.45, 7) is 3.65.